The van der Waals surface area contributed by atoms with Gasteiger partial charge in [0.1, 0.15) is 5.52 Å². The normalized spacial score (nSPS) is 13.4. The summed E-state index contributed by atoms with van der Waals surface area (Å²) in [6, 6.07) is 26.9. The van der Waals surface area contributed by atoms with Gasteiger partial charge in [0, 0.05) is 24.9 Å². The Hall–Kier alpha value is -5.77. The highest BCUT2D eigenvalue weighted by Crippen LogP contribution is 2.31. The van der Waals surface area contributed by atoms with Crippen molar-refractivity contribution in [3.8, 4) is 0 Å². The molecule has 0 spiro atoms. The van der Waals surface area contributed by atoms with Crippen LogP contribution in [-0.4, -0.2) is 55.1 Å². The third-order valence-electron chi connectivity index (χ3n) is 8.30. The molecule has 47 heavy (non-hydrogen) atoms. The quantitative estimate of drug-likeness (QED) is 0.119. The van der Waals surface area contributed by atoms with Gasteiger partial charge < -0.3 is 24.6 Å². The molecule has 10 heteroatoms. The Labute approximate surface area is 270 Å². The van der Waals surface area contributed by atoms with Crippen LogP contribution in [0.15, 0.2) is 101 Å². The lowest BCUT2D eigenvalue weighted by molar-refractivity contribution is -0.151. The van der Waals surface area contributed by atoms with E-state index in [4.69, 9.17) is 4.42 Å². The Morgan fingerprint density at radius 1 is 0.851 bits per heavy atom. The number of hydrogen-bond donors (Lipinski definition) is 3. The third kappa shape index (κ3) is 8.09. The standard InChI is InChI=1S/C37H34N2O8/c1-23(30(26-15-17-27(18-16-26)36(43)44)9-6-12-33-38-31-10-4-5-11-32(31)47-33)39(34(40)20-29(37(45)46)21-35(41)42)22-24-13-14-25-7-2-3-8-28(25)19-24/h2-8,10-19,23,29-30H,9,20-22H2,1H3,(H,41,42)(H,43,44)(H,45,46). The molecule has 3 atom stereocenters. The molecule has 0 aliphatic carbocycles. The van der Waals surface area contributed by atoms with Crippen molar-refractivity contribution in [2.45, 2.75) is 44.7 Å². The predicted octanol–water partition coefficient (Wildman–Crippen LogP) is 6.85. The summed E-state index contributed by atoms with van der Waals surface area (Å²) in [7, 11) is 0. The zero-order valence-electron chi connectivity index (χ0n) is 25.7. The average Bonchev–Trinajstić information content (AvgIpc) is 3.47. The number of carbonyl (C=O) groups excluding carboxylic acids is 1. The van der Waals surface area contributed by atoms with Gasteiger partial charge in [0.25, 0.3) is 0 Å². The van der Waals surface area contributed by atoms with Crippen LogP contribution in [0.3, 0.4) is 0 Å². The minimum Gasteiger partial charge on any atom is -0.481 e. The van der Waals surface area contributed by atoms with Gasteiger partial charge in [0.15, 0.2) is 5.58 Å². The number of carboxylic acids is 3. The lowest BCUT2D eigenvalue weighted by Crippen LogP contribution is -2.43. The van der Waals surface area contributed by atoms with Gasteiger partial charge in [-0.2, -0.15) is 0 Å². The number of aromatic nitrogens is 1. The Kier molecular flexibility index (Phi) is 10.1. The van der Waals surface area contributed by atoms with Crippen LogP contribution in [0, 0.1) is 5.92 Å². The van der Waals surface area contributed by atoms with Gasteiger partial charge in [-0.3, -0.25) is 14.4 Å². The number of benzene rings is 4. The number of hydrogen-bond acceptors (Lipinski definition) is 6. The number of nitrogens with zero attached hydrogens (tertiary/aromatic N) is 2. The summed E-state index contributed by atoms with van der Waals surface area (Å²) in [5.41, 5.74) is 3.05. The molecule has 3 N–H and O–H groups in total. The molecular formula is C37H34N2O8. The van der Waals surface area contributed by atoms with E-state index < -0.39 is 48.6 Å². The van der Waals surface area contributed by atoms with Crippen LogP contribution in [0.4, 0.5) is 0 Å². The van der Waals surface area contributed by atoms with Crippen molar-refractivity contribution < 1.29 is 38.9 Å². The first kappa shape index (κ1) is 32.6. The molecule has 5 rings (SSSR count). The van der Waals surface area contributed by atoms with Crippen molar-refractivity contribution in [3.05, 3.63) is 120 Å². The van der Waals surface area contributed by atoms with Gasteiger partial charge in [-0.05, 0) is 71.7 Å². The number of amides is 1. The van der Waals surface area contributed by atoms with Crippen LogP contribution in [0.5, 0.6) is 0 Å². The van der Waals surface area contributed by atoms with E-state index in [1.807, 2.05) is 79.7 Å². The smallest absolute Gasteiger partial charge is 0.335 e. The number of aromatic carboxylic acids is 1. The van der Waals surface area contributed by atoms with E-state index in [0.29, 0.717) is 23.4 Å². The van der Waals surface area contributed by atoms with E-state index in [-0.39, 0.29) is 18.0 Å². The van der Waals surface area contributed by atoms with Crippen molar-refractivity contribution in [2.75, 3.05) is 0 Å². The summed E-state index contributed by atoms with van der Waals surface area (Å²) >= 11 is 0. The zero-order chi connectivity index (χ0) is 33.5. The number of oxazole rings is 1. The molecule has 0 aliphatic rings. The minimum atomic E-state index is -1.40. The highest BCUT2D eigenvalue weighted by molar-refractivity contribution is 5.88. The van der Waals surface area contributed by atoms with Gasteiger partial charge in [-0.1, -0.05) is 66.7 Å². The molecular weight excluding hydrogens is 600 g/mol. The zero-order valence-corrected chi connectivity index (χ0v) is 25.7. The van der Waals surface area contributed by atoms with Crippen LogP contribution in [0.2, 0.25) is 0 Å². The molecule has 0 aliphatic heterocycles. The summed E-state index contributed by atoms with van der Waals surface area (Å²) in [4.78, 5) is 55.0. The molecule has 1 heterocycles. The number of carbonyl (C=O) groups is 4. The second-order valence-electron chi connectivity index (χ2n) is 11.5. The first-order chi connectivity index (χ1) is 22.6. The van der Waals surface area contributed by atoms with E-state index in [1.54, 1.807) is 23.1 Å². The van der Waals surface area contributed by atoms with Gasteiger partial charge in [-0.15, -0.1) is 0 Å². The third-order valence-corrected chi connectivity index (χ3v) is 8.30. The number of para-hydroxylation sites is 2. The minimum absolute atomic E-state index is 0.115. The van der Waals surface area contributed by atoms with Crippen molar-refractivity contribution in [2.24, 2.45) is 5.92 Å². The maximum absolute atomic E-state index is 14.0. The predicted molar refractivity (Wildman–Crippen MR) is 176 cm³/mol. The first-order valence-electron chi connectivity index (χ1n) is 15.2. The van der Waals surface area contributed by atoms with Gasteiger partial charge in [-0.25, -0.2) is 9.78 Å². The second kappa shape index (κ2) is 14.6. The maximum atomic E-state index is 14.0. The van der Waals surface area contributed by atoms with E-state index in [9.17, 15) is 34.5 Å². The van der Waals surface area contributed by atoms with Crippen molar-refractivity contribution in [1.29, 1.82) is 0 Å². The number of fused-ring (bicyclic) bond motifs is 2. The molecule has 240 valence electrons. The molecule has 1 aromatic heterocycles. The monoisotopic (exact) mass is 634 g/mol. The van der Waals surface area contributed by atoms with Crippen LogP contribution >= 0.6 is 0 Å². The maximum Gasteiger partial charge on any atom is 0.335 e. The van der Waals surface area contributed by atoms with Crippen molar-refractivity contribution >= 4 is 51.8 Å². The highest BCUT2D eigenvalue weighted by atomic mass is 16.4. The summed E-state index contributed by atoms with van der Waals surface area (Å²) in [6.07, 6.45) is 2.83. The molecule has 10 nitrogen and oxygen atoms in total. The molecule has 5 aromatic rings. The highest BCUT2D eigenvalue weighted by Gasteiger charge is 2.32. The lowest BCUT2D eigenvalue weighted by Gasteiger charge is -2.36. The first-order valence-corrected chi connectivity index (χ1v) is 15.2. The summed E-state index contributed by atoms with van der Waals surface area (Å²) in [5.74, 6) is -5.61. The molecule has 0 radical (unpaired) electrons. The second-order valence-corrected chi connectivity index (χ2v) is 11.5. The average molecular weight is 635 g/mol. The fourth-order valence-electron chi connectivity index (χ4n) is 5.76. The number of rotatable bonds is 14. The molecule has 0 fully saturated rings. The molecule has 0 bridgehead atoms. The summed E-state index contributed by atoms with van der Waals surface area (Å²) in [5, 5.41) is 30.5. The van der Waals surface area contributed by atoms with E-state index >= 15 is 0 Å². The van der Waals surface area contributed by atoms with Crippen LogP contribution < -0.4 is 0 Å². The topological polar surface area (TPSA) is 158 Å². The Morgan fingerprint density at radius 3 is 2.23 bits per heavy atom. The summed E-state index contributed by atoms with van der Waals surface area (Å²) in [6.45, 7) is 2.00. The summed E-state index contributed by atoms with van der Waals surface area (Å²) < 4.78 is 5.82. The largest absolute Gasteiger partial charge is 0.481 e. The van der Waals surface area contributed by atoms with Crippen molar-refractivity contribution in [1.82, 2.24) is 9.88 Å². The molecule has 0 saturated heterocycles. The van der Waals surface area contributed by atoms with Gasteiger partial charge >= 0.3 is 17.9 Å². The molecule has 4 aromatic carbocycles. The fraction of sp³-hybridized carbons (Fsp3) is 0.216. The van der Waals surface area contributed by atoms with E-state index in [0.717, 1.165) is 21.9 Å². The van der Waals surface area contributed by atoms with Gasteiger partial charge in [0.2, 0.25) is 11.8 Å². The van der Waals surface area contributed by atoms with Crippen LogP contribution in [0.25, 0.3) is 27.9 Å². The molecule has 3 unspecified atom stereocenters. The van der Waals surface area contributed by atoms with E-state index in [1.165, 1.54) is 12.1 Å². The Morgan fingerprint density at radius 2 is 1.55 bits per heavy atom. The van der Waals surface area contributed by atoms with Crippen LogP contribution in [0.1, 0.15) is 59.5 Å². The Bertz CT molecular complexity index is 1910. The van der Waals surface area contributed by atoms with Crippen LogP contribution in [-0.2, 0) is 20.9 Å². The molecule has 0 saturated carbocycles. The fourth-order valence-corrected chi connectivity index (χ4v) is 5.76. The number of aliphatic carboxylic acids is 2. The Balaban J connectivity index is 1.50. The molecule has 1 amide bonds. The van der Waals surface area contributed by atoms with Gasteiger partial charge in [0.05, 0.1) is 17.9 Å². The SMILES string of the molecule is CC(C(CC=Cc1nc2ccccc2o1)c1ccc(C(=O)O)cc1)N(Cc1ccc2ccccc2c1)C(=O)CC(CC(=O)O)C(=O)O. The van der Waals surface area contributed by atoms with E-state index in [2.05, 4.69) is 4.98 Å². The number of allylic oxidation sites excluding steroid dienone is 1. The van der Waals surface area contributed by atoms with Crippen molar-refractivity contribution in [3.63, 3.8) is 0 Å². The number of carboxylic acid groups (broad SMARTS) is 3. The lowest BCUT2D eigenvalue weighted by atomic mass is 9.87.